The van der Waals surface area contributed by atoms with Crippen molar-refractivity contribution >= 4 is 15.7 Å². The minimum Gasteiger partial charge on any atom is -0.303 e. The summed E-state index contributed by atoms with van der Waals surface area (Å²) in [4.78, 5) is 2.52. The zero-order valence-electron chi connectivity index (χ0n) is 16.8. The third-order valence-corrected chi connectivity index (χ3v) is 6.76. The van der Waals surface area contributed by atoms with E-state index in [9.17, 15) is 12.8 Å². The van der Waals surface area contributed by atoms with E-state index in [1.165, 1.54) is 12.1 Å². The molecule has 1 N–H and O–H groups in total. The van der Waals surface area contributed by atoms with Crippen LogP contribution in [0.15, 0.2) is 47.4 Å². The molecule has 1 saturated heterocycles. The zero-order valence-corrected chi connectivity index (χ0v) is 17.6. The van der Waals surface area contributed by atoms with Crippen LogP contribution in [-0.4, -0.2) is 33.0 Å². The minimum absolute atomic E-state index is 0.0138. The number of hydrogen-bond donors (Lipinski definition) is 1. The average molecular weight is 405 g/mol. The van der Waals surface area contributed by atoms with Gasteiger partial charge >= 0.3 is 0 Å². The largest absolute Gasteiger partial charge is 0.303 e. The maximum absolute atomic E-state index is 14.6. The zero-order chi connectivity index (χ0) is 20.3. The van der Waals surface area contributed by atoms with Gasteiger partial charge in [0.1, 0.15) is 5.82 Å². The summed E-state index contributed by atoms with van der Waals surface area (Å²) in [5, 5.41) is 0. The van der Waals surface area contributed by atoms with Crippen LogP contribution in [-0.2, 0) is 10.0 Å². The molecule has 1 aliphatic rings. The molecular formula is C22H29FN2O2S. The van der Waals surface area contributed by atoms with E-state index in [0.717, 1.165) is 43.6 Å². The van der Waals surface area contributed by atoms with Gasteiger partial charge in [0, 0.05) is 6.54 Å². The average Bonchev–Trinajstić information content (AvgIpc) is 3.12. The first-order chi connectivity index (χ1) is 13.3. The summed E-state index contributed by atoms with van der Waals surface area (Å²) in [6.07, 6.45) is 2.12. The Hall–Kier alpha value is -1.92. The molecule has 28 heavy (non-hydrogen) atoms. The number of nitrogens with zero attached hydrogens (tertiary/aromatic N) is 1. The molecule has 4 nitrogen and oxygen atoms in total. The van der Waals surface area contributed by atoms with Gasteiger partial charge in [-0.2, -0.15) is 0 Å². The van der Waals surface area contributed by atoms with Crippen LogP contribution in [0.2, 0.25) is 0 Å². The van der Waals surface area contributed by atoms with Crippen LogP contribution in [0.3, 0.4) is 0 Å². The van der Waals surface area contributed by atoms with Crippen molar-refractivity contribution < 1.29 is 12.8 Å². The highest BCUT2D eigenvalue weighted by molar-refractivity contribution is 7.92. The van der Waals surface area contributed by atoms with Gasteiger partial charge in [-0.15, -0.1) is 0 Å². The number of nitrogens with one attached hydrogen (secondary N) is 1. The van der Waals surface area contributed by atoms with Crippen molar-refractivity contribution in [3.63, 3.8) is 0 Å². The Morgan fingerprint density at radius 2 is 1.89 bits per heavy atom. The lowest BCUT2D eigenvalue weighted by atomic mass is 9.98. The second-order valence-corrected chi connectivity index (χ2v) is 9.54. The normalized spacial score (nSPS) is 18.0. The van der Waals surface area contributed by atoms with E-state index in [1.807, 2.05) is 19.9 Å². The van der Waals surface area contributed by atoms with Gasteiger partial charge in [-0.1, -0.05) is 39.0 Å². The number of likely N-dealkylation sites (tertiary alicyclic amines) is 1. The van der Waals surface area contributed by atoms with Crippen molar-refractivity contribution in [3.05, 3.63) is 59.4 Å². The molecule has 0 bridgehead atoms. The van der Waals surface area contributed by atoms with Crippen LogP contribution in [0, 0.1) is 5.82 Å². The molecule has 1 unspecified atom stereocenters. The highest BCUT2D eigenvalue weighted by atomic mass is 32.2. The molecule has 3 rings (SSSR count). The third-order valence-electron chi connectivity index (χ3n) is 5.38. The number of halogens is 1. The lowest BCUT2D eigenvalue weighted by Crippen LogP contribution is -2.21. The fourth-order valence-corrected chi connectivity index (χ4v) is 4.79. The molecule has 2 aromatic carbocycles. The fraction of sp³-hybridized carbons (Fsp3) is 0.455. The standard InChI is InChI=1S/C22H29FN2O2S/c1-4-12-25-13-11-19(15-25)18-7-10-22(21(23)14-18)24-28(26,27)20-8-5-17(6-9-20)16(2)3/h5-10,14,16,19,24H,4,11-13,15H2,1-3H3. The van der Waals surface area contributed by atoms with Crippen LogP contribution < -0.4 is 4.72 Å². The van der Waals surface area contributed by atoms with Gasteiger partial charge in [0.2, 0.25) is 0 Å². The molecule has 1 atom stereocenters. The molecule has 1 aliphatic heterocycles. The van der Waals surface area contributed by atoms with Crippen molar-refractivity contribution in [3.8, 4) is 0 Å². The monoisotopic (exact) mass is 404 g/mol. The third kappa shape index (κ3) is 4.73. The maximum atomic E-state index is 14.6. The Labute approximate surface area is 167 Å². The van der Waals surface area contributed by atoms with Crippen molar-refractivity contribution in [2.45, 2.75) is 50.3 Å². The Morgan fingerprint density at radius 1 is 1.18 bits per heavy atom. The first-order valence-electron chi connectivity index (χ1n) is 9.94. The van der Waals surface area contributed by atoms with Crippen LogP contribution in [0.4, 0.5) is 10.1 Å². The summed E-state index contributed by atoms with van der Waals surface area (Å²) < 4.78 is 42.2. The first kappa shape index (κ1) is 20.8. The molecule has 0 saturated carbocycles. The molecule has 0 radical (unpaired) electrons. The van der Waals surface area contributed by atoms with Gasteiger partial charge < -0.3 is 4.90 Å². The molecule has 2 aromatic rings. The molecule has 1 heterocycles. The van der Waals surface area contributed by atoms with Crippen molar-refractivity contribution in [1.29, 1.82) is 0 Å². The van der Waals surface area contributed by atoms with Crippen LogP contribution in [0.25, 0.3) is 0 Å². The Morgan fingerprint density at radius 3 is 2.50 bits per heavy atom. The van der Waals surface area contributed by atoms with Crippen molar-refractivity contribution in [1.82, 2.24) is 4.90 Å². The molecule has 0 aliphatic carbocycles. The minimum atomic E-state index is -3.82. The van der Waals surface area contributed by atoms with Crippen molar-refractivity contribution in [2.75, 3.05) is 24.4 Å². The molecule has 0 aromatic heterocycles. The number of rotatable bonds is 7. The Bertz CT molecular complexity index is 911. The van der Waals surface area contributed by atoms with Crippen molar-refractivity contribution in [2.24, 2.45) is 0 Å². The van der Waals surface area contributed by atoms with Gasteiger partial charge in [0.05, 0.1) is 10.6 Å². The summed E-state index contributed by atoms with van der Waals surface area (Å²) in [6.45, 7) is 9.27. The van der Waals surface area contributed by atoms with E-state index in [-0.39, 0.29) is 10.6 Å². The predicted molar refractivity (Wildman–Crippen MR) is 112 cm³/mol. The van der Waals surface area contributed by atoms with E-state index in [2.05, 4.69) is 16.5 Å². The maximum Gasteiger partial charge on any atom is 0.261 e. The number of benzene rings is 2. The second kappa shape index (κ2) is 8.62. The van der Waals surface area contributed by atoms with E-state index >= 15 is 0 Å². The lowest BCUT2D eigenvalue weighted by molar-refractivity contribution is 0.335. The van der Waals surface area contributed by atoms with Crippen LogP contribution >= 0.6 is 0 Å². The lowest BCUT2D eigenvalue weighted by Gasteiger charge is -2.16. The summed E-state index contributed by atoms with van der Waals surface area (Å²) in [7, 11) is -3.82. The Balaban J connectivity index is 1.73. The van der Waals surface area contributed by atoms with Crippen LogP contribution in [0.1, 0.15) is 56.6 Å². The van der Waals surface area contributed by atoms with E-state index in [4.69, 9.17) is 0 Å². The van der Waals surface area contributed by atoms with Gasteiger partial charge in [0.25, 0.3) is 10.0 Å². The predicted octanol–water partition coefficient (Wildman–Crippen LogP) is 4.95. The number of sulfonamides is 1. The molecule has 6 heteroatoms. The summed E-state index contributed by atoms with van der Waals surface area (Å²) >= 11 is 0. The van der Waals surface area contributed by atoms with Gasteiger partial charge in [-0.3, -0.25) is 4.72 Å². The second-order valence-electron chi connectivity index (χ2n) is 7.85. The van der Waals surface area contributed by atoms with Gasteiger partial charge in [-0.05, 0) is 73.2 Å². The van der Waals surface area contributed by atoms with E-state index < -0.39 is 15.8 Å². The van der Waals surface area contributed by atoms with Gasteiger partial charge in [-0.25, -0.2) is 12.8 Å². The number of hydrogen-bond acceptors (Lipinski definition) is 3. The quantitative estimate of drug-likeness (QED) is 0.710. The molecule has 152 valence electrons. The SMILES string of the molecule is CCCN1CCC(c2ccc(NS(=O)(=O)c3ccc(C(C)C)cc3)c(F)c2)C1. The highest BCUT2D eigenvalue weighted by Crippen LogP contribution is 2.30. The van der Waals surface area contributed by atoms with Crippen LogP contribution in [0.5, 0.6) is 0 Å². The fourth-order valence-electron chi connectivity index (χ4n) is 3.73. The summed E-state index contributed by atoms with van der Waals surface area (Å²) in [5.41, 5.74) is 1.98. The number of anilines is 1. The summed E-state index contributed by atoms with van der Waals surface area (Å²) in [6, 6.07) is 11.5. The molecular weight excluding hydrogens is 375 g/mol. The smallest absolute Gasteiger partial charge is 0.261 e. The van der Waals surface area contributed by atoms with E-state index in [0.29, 0.717) is 11.8 Å². The molecule has 0 amide bonds. The first-order valence-corrected chi connectivity index (χ1v) is 11.4. The highest BCUT2D eigenvalue weighted by Gasteiger charge is 2.24. The molecule has 1 fully saturated rings. The summed E-state index contributed by atoms with van der Waals surface area (Å²) in [5.74, 6) is 0.0858. The Kier molecular flexibility index (Phi) is 6.40. The van der Waals surface area contributed by atoms with Gasteiger partial charge in [0.15, 0.2) is 0 Å². The topological polar surface area (TPSA) is 49.4 Å². The van der Waals surface area contributed by atoms with E-state index in [1.54, 1.807) is 24.3 Å². The molecule has 0 spiro atoms.